The van der Waals surface area contributed by atoms with Gasteiger partial charge >= 0.3 is 5.97 Å². The largest absolute Gasteiger partial charge is 0.453 e. The van der Waals surface area contributed by atoms with Gasteiger partial charge in [0, 0.05) is 11.9 Å². The van der Waals surface area contributed by atoms with Crippen LogP contribution in [0.15, 0.2) is 36.7 Å². The number of hydrogen-bond donors (Lipinski definition) is 1. The standard InChI is InChI=1S/C18H17N5O3S/c1-3-12-4-6-13(7-5-12)21-16(24)17-23-22-15(27-17)10-26-18(25)14-9-19-11(2)8-20-14/h4-9H,3,10H2,1-2H3,(H,21,24). The molecule has 1 amide bonds. The van der Waals surface area contributed by atoms with E-state index in [1.807, 2.05) is 24.3 Å². The molecule has 27 heavy (non-hydrogen) atoms. The van der Waals surface area contributed by atoms with Crippen molar-refractivity contribution in [2.75, 3.05) is 5.32 Å². The highest BCUT2D eigenvalue weighted by molar-refractivity contribution is 7.13. The van der Waals surface area contributed by atoms with E-state index in [-0.39, 0.29) is 23.2 Å². The lowest BCUT2D eigenvalue weighted by Gasteiger charge is -2.03. The van der Waals surface area contributed by atoms with Gasteiger partial charge < -0.3 is 10.1 Å². The average molecular weight is 383 g/mol. The number of ether oxygens (including phenoxy) is 1. The monoisotopic (exact) mass is 383 g/mol. The molecule has 0 aliphatic heterocycles. The van der Waals surface area contributed by atoms with E-state index in [1.165, 1.54) is 18.0 Å². The van der Waals surface area contributed by atoms with E-state index >= 15 is 0 Å². The quantitative estimate of drug-likeness (QED) is 0.652. The van der Waals surface area contributed by atoms with Gasteiger partial charge in [-0.15, -0.1) is 10.2 Å². The van der Waals surface area contributed by atoms with Crippen LogP contribution < -0.4 is 5.32 Å². The van der Waals surface area contributed by atoms with Gasteiger partial charge in [0.25, 0.3) is 5.91 Å². The summed E-state index contributed by atoms with van der Waals surface area (Å²) >= 11 is 1.06. The van der Waals surface area contributed by atoms with Gasteiger partial charge in [0.15, 0.2) is 10.7 Å². The molecule has 138 valence electrons. The number of carbonyl (C=O) groups excluding carboxylic acids is 2. The Morgan fingerprint density at radius 1 is 1.11 bits per heavy atom. The summed E-state index contributed by atoms with van der Waals surface area (Å²) in [4.78, 5) is 32.1. The molecule has 0 unspecified atom stereocenters. The van der Waals surface area contributed by atoms with Crippen LogP contribution in [-0.2, 0) is 17.8 Å². The zero-order chi connectivity index (χ0) is 19.2. The van der Waals surface area contributed by atoms with Crippen LogP contribution in [0, 0.1) is 6.92 Å². The topological polar surface area (TPSA) is 107 Å². The van der Waals surface area contributed by atoms with Crippen LogP contribution in [0.3, 0.4) is 0 Å². The number of anilines is 1. The van der Waals surface area contributed by atoms with Crippen molar-refractivity contribution in [1.82, 2.24) is 20.2 Å². The fourth-order valence-corrected chi connectivity index (χ4v) is 2.76. The van der Waals surface area contributed by atoms with Gasteiger partial charge in [0.2, 0.25) is 5.01 Å². The molecule has 0 spiro atoms. The number of esters is 1. The van der Waals surface area contributed by atoms with Crippen molar-refractivity contribution in [3.63, 3.8) is 0 Å². The highest BCUT2D eigenvalue weighted by Crippen LogP contribution is 2.15. The van der Waals surface area contributed by atoms with Crippen molar-refractivity contribution in [2.45, 2.75) is 26.9 Å². The van der Waals surface area contributed by atoms with Crippen LogP contribution in [0.2, 0.25) is 0 Å². The maximum absolute atomic E-state index is 12.2. The highest BCUT2D eigenvalue weighted by Gasteiger charge is 2.15. The summed E-state index contributed by atoms with van der Waals surface area (Å²) in [5.41, 5.74) is 2.68. The van der Waals surface area contributed by atoms with Crippen molar-refractivity contribution < 1.29 is 14.3 Å². The van der Waals surface area contributed by atoms with Gasteiger partial charge in [-0.1, -0.05) is 30.4 Å². The third-order valence-corrected chi connectivity index (χ3v) is 4.49. The lowest BCUT2D eigenvalue weighted by Crippen LogP contribution is -2.11. The third kappa shape index (κ3) is 4.91. The minimum Gasteiger partial charge on any atom is -0.453 e. The second kappa shape index (κ2) is 8.45. The second-order valence-corrected chi connectivity index (χ2v) is 6.69. The molecule has 0 saturated heterocycles. The van der Waals surface area contributed by atoms with Crippen molar-refractivity contribution in [3.05, 3.63) is 63.6 Å². The summed E-state index contributed by atoms with van der Waals surface area (Å²) in [6, 6.07) is 7.58. The number of nitrogens with one attached hydrogen (secondary N) is 1. The molecule has 0 radical (unpaired) electrons. The smallest absolute Gasteiger partial charge is 0.358 e. The molecule has 1 N–H and O–H groups in total. The van der Waals surface area contributed by atoms with Gasteiger partial charge in [-0.05, 0) is 31.0 Å². The maximum atomic E-state index is 12.2. The predicted molar refractivity (Wildman–Crippen MR) is 99.6 cm³/mol. The number of hydrogen-bond acceptors (Lipinski definition) is 8. The first-order chi connectivity index (χ1) is 13.0. The van der Waals surface area contributed by atoms with Crippen LogP contribution in [0.4, 0.5) is 5.69 Å². The molecule has 2 heterocycles. The molecule has 0 bridgehead atoms. The maximum Gasteiger partial charge on any atom is 0.358 e. The molecule has 3 aromatic rings. The molecule has 0 aliphatic carbocycles. The Balaban J connectivity index is 1.56. The molecule has 2 aromatic heterocycles. The Morgan fingerprint density at radius 2 is 1.89 bits per heavy atom. The summed E-state index contributed by atoms with van der Waals surface area (Å²) in [5, 5.41) is 11.1. The third-order valence-electron chi connectivity index (χ3n) is 3.60. The summed E-state index contributed by atoms with van der Waals surface area (Å²) < 4.78 is 5.13. The van der Waals surface area contributed by atoms with E-state index in [0.717, 1.165) is 17.8 Å². The Bertz CT molecular complexity index is 938. The van der Waals surface area contributed by atoms with Gasteiger partial charge in [0.1, 0.15) is 6.61 Å². The Hall–Kier alpha value is -3.20. The number of nitrogens with zero attached hydrogens (tertiary/aromatic N) is 4. The molecule has 1 aromatic carbocycles. The zero-order valence-electron chi connectivity index (χ0n) is 14.8. The van der Waals surface area contributed by atoms with Gasteiger partial charge in [0.05, 0.1) is 11.9 Å². The van der Waals surface area contributed by atoms with E-state index in [2.05, 4.69) is 32.4 Å². The predicted octanol–water partition coefficient (Wildman–Crippen LogP) is 2.81. The van der Waals surface area contributed by atoms with Gasteiger partial charge in [-0.3, -0.25) is 9.78 Å². The average Bonchev–Trinajstić information content (AvgIpc) is 3.16. The number of benzene rings is 1. The van der Waals surface area contributed by atoms with Gasteiger partial charge in [-0.2, -0.15) is 0 Å². The summed E-state index contributed by atoms with van der Waals surface area (Å²) in [6.07, 6.45) is 3.76. The van der Waals surface area contributed by atoms with Gasteiger partial charge in [-0.25, -0.2) is 9.78 Å². The number of rotatable bonds is 6. The first-order valence-electron chi connectivity index (χ1n) is 8.23. The molecule has 0 aliphatic rings. The van der Waals surface area contributed by atoms with Crippen LogP contribution in [0.5, 0.6) is 0 Å². The fourth-order valence-electron chi connectivity index (χ4n) is 2.11. The molecular formula is C18H17N5O3S. The van der Waals surface area contributed by atoms with Crippen LogP contribution >= 0.6 is 11.3 Å². The number of carbonyl (C=O) groups is 2. The number of amides is 1. The van der Waals surface area contributed by atoms with Crippen molar-refractivity contribution in [1.29, 1.82) is 0 Å². The number of aromatic nitrogens is 4. The molecule has 0 atom stereocenters. The lowest BCUT2D eigenvalue weighted by atomic mass is 10.1. The summed E-state index contributed by atoms with van der Waals surface area (Å²) in [5.74, 6) is -0.974. The Kier molecular flexibility index (Phi) is 5.82. The second-order valence-electron chi connectivity index (χ2n) is 5.62. The van der Waals surface area contributed by atoms with Crippen molar-refractivity contribution in [3.8, 4) is 0 Å². The molecule has 9 heteroatoms. The highest BCUT2D eigenvalue weighted by atomic mass is 32.1. The normalized spacial score (nSPS) is 10.4. The van der Waals surface area contributed by atoms with Crippen LogP contribution in [0.1, 0.15) is 43.5 Å². The minimum absolute atomic E-state index is 0.0927. The summed E-state index contributed by atoms with van der Waals surface area (Å²) in [6.45, 7) is 3.74. The van der Waals surface area contributed by atoms with E-state index < -0.39 is 5.97 Å². The number of aryl methyl sites for hydroxylation is 2. The minimum atomic E-state index is -0.611. The van der Waals surface area contributed by atoms with Crippen molar-refractivity contribution >= 4 is 28.9 Å². The van der Waals surface area contributed by atoms with Crippen LogP contribution in [-0.4, -0.2) is 32.0 Å². The fraction of sp³-hybridized carbons (Fsp3) is 0.222. The van der Waals surface area contributed by atoms with Crippen molar-refractivity contribution in [2.24, 2.45) is 0 Å². The SMILES string of the molecule is CCc1ccc(NC(=O)c2nnc(COC(=O)c3cnc(C)cn3)s2)cc1. The summed E-state index contributed by atoms with van der Waals surface area (Å²) in [7, 11) is 0. The molecular weight excluding hydrogens is 366 g/mol. The van der Waals surface area contributed by atoms with E-state index in [9.17, 15) is 9.59 Å². The Morgan fingerprint density at radius 3 is 2.56 bits per heavy atom. The zero-order valence-corrected chi connectivity index (χ0v) is 15.6. The Labute approximate surface area is 159 Å². The van der Waals surface area contributed by atoms with E-state index in [1.54, 1.807) is 6.92 Å². The first kappa shape index (κ1) is 18.6. The molecule has 8 nitrogen and oxygen atoms in total. The van der Waals surface area contributed by atoms with E-state index in [0.29, 0.717) is 16.4 Å². The van der Waals surface area contributed by atoms with Crippen LogP contribution in [0.25, 0.3) is 0 Å². The molecule has 0 saturated carbocycles. The van der Waals surface area contributed by atoms with E-state index in [4.69, 9.17) is 4.74 Å². The first-order valence-corrected chi connectivity index (χ1v) is 9.05. The lowest BCUT2D eigenvalue weighted by molar-refractivity contribution is 0.0464. The molecule has 3 rings (SSSR count). The molecule has 0 fully saturated rings.